The first-order valence-corrected chi connectivity index (χ1v) is 12.5. The summed E-state index contributed by atoms with van der Waals surface area (Å²) < 4.78 is 11.8. The zero-order valence-corrected chi connectivity index (χ0v) is 20.9. The van der Waals surface area contributed by atoms with E-state index >= 15 is 0 Å². The molecular formula is C30H32N2O5. The van der Waals surface area contributed by atoms with Crippen molar-refractivity contribution in [3.8, 4) is 11.3 Å². The van der Waals surface area contributed by atoms with Gasteiger partial charge in [0.05, 0.1) is 19.1 Å². The maximum atomic E-state index is 12.2. The van der Waals surface area contributed by atoms with E-state index in [1.807, 2.05) is 36.4 Å². The Morgan fingerprint density at radius 1 is 1.00 bits per heavy atom. The van der Waals surface area contributed by atoms with Crippen molar-refractivity contribution in [2.24, 2.45) is 0 Å². The minimum absolute atomic E-state index is 0.0406. The molecule has 1 unspecified atom stereocenters. The summed E-state index contributed by atoms with van der Waals surface area (Å²) in [5.41, 5.74) is 4.44. The number of benzene rings is 3. The Hall–Kier alpha value is -4.10. The van der Waals surface area contributed by atoms with Gasteiger partial charge in [-0.25, -0.2) is 0 Å². The number of hydrogen-bond acceptors (Lipinski definition) is 5. The number of para-hydroxylation sites is 1. The van der Waals surface area contributed by atoms with Crippen molar-refractivity contribution >= 4 is 28.5 Å². The summed E-state index contributed by atoms with van der Waals surface area (Å²) in [4.78, 5) is 22.8. The fourth-order valence-corrected chi connectivity index (χ4v) is 4.07. The van der Waals surface area contributed by atoms with Gasteiger partial charge < -0.3 is 24.9 Å². The summed E-state index contributed by atoms with van der Waals surface area (Å²) in [5, 5.41) is 15.9. The minimum atomic E-state index is -0.944. The van der Waals surface area contributed by atoms with Gasteiger partial charge in [-0.05, 0) is 54.8 Å². The fraction of sp³-hybridized carbons (Fsp3) is 0.267. The van der Waals surface area contributed by atoms with Crippen LogP contribution in [0, 0.1) is 0 Å². The van der Waals surface area contributed by atoms with E-state index in [0.717, 1.165) is 40.8 Å². The molecule has 7 heteroatoms. The number of carboxylic acids is 1. The van der Waals surface area contributed by atoms with E-state index in [4.69, 9.17) is 14.3 Å². The molecule has 0 aliphatic heterocycles. The number of furan rings is 1. The van der Waals surface area contributed by atoms with Crippen molar-refractivity contribution in [1.82, 2.24) is 5.32 Å². The molecule has 3 aromatic carbocycles. The van der Waals surface area contributed by atoms with Crippen LogP contribution in [-0.4, -0.2) is 42.8 Å². The largest absolute Gasteiger partial charge is 0.481 e. The topological polar surface area (TPSA) is 101 Å². The van der Waals surface area contributed by atoms with Crippen LogP contribution >= 0.6 is 0 Å². The number of anilines is 1. The molecule has 4 aromatic rings. The quantitative estimate of drug-likeness (QED) is 0.202. The Bertz CT molecular complexity index is 1280. The zero-order chi connectivity index (χ0) is 26.0. The smallest absolute Gasteiger partial charge is 0.305 e. The number of fused-ring (bicyclic) bond motifs is 1. The number of carbonyl (C=O) groups is 2. The van der Waals surface area contributed by atoms with Crippen molar-refractivity contribution in [2.75, 3.05) is 25.1 Å². The summed E-state index contributed by atoms with van der Waals surface area (Å²) in [6.07, 6.45) is 1.61. The van der Waals surface area contributed by atoms with E-state index in [0.29, 0.717) is 18.8 Å². The summed E-state index contributed by atoms with van der Waals surface area (Å²) >= 11 is 0. The normalized spacial score (nSPS) is 11.8. The van der Waals surface area contributed by atoms with E-state index in [1.165, 1.54) is 5.56 Å². The highest BCUT2D eigenvalue weighted by molar-refractivity contribution is 5.94. The highest BCUT2D eigenvalue weighted by atomic mass is 16.5. The molecule has 0 saturated heterocycles. The molecule has 0 radical (unpaired) electrons. The maximum absolute atomic E-state index is 12.2. The van der Waals surface area contributed by atoms with Crippen molar-refractivity contribution in [1.29, 1.82) is 0 Å². The number of ether oxygens (including phenoxy) is 1. The van der Waals surface area contributed by atoms with E-state index in [-0.39, 0.29) is 24.9 Å². The van der Waals surface area contributed by atoms with Crippen LogP contribution in [0.5, 0.6) is 0 Å². The second-order valence-corrected chi connectivity index (χ2v) is 8.94. The van der Waals surface area contributed by atoms with Crippen molar-refractivity contribution in [3.05, 3.63) is 90.0 Å². The molecule has 0 fully saturated rings. The second-order valence-electron chi connectivity index (χ2n) is 8.94. The van der Waals surface area contributed by atoms with Crippen LogP contribution in [0.4, 0.5) is 5.69 Å². The molecule has 4 rings (SSSR count). The molecule has 192 valence electrons. The highest BCUT2D eigenvalue weighted by Crippen LogP contribution is 2.28. The lowest BCUT2D eigenvalue weighted by atomic mass is 10.0. The van der Waals surface area contributed by atoms with Crippen LogP contribution in [-0.2, 0) is 16.0 Å². The monoisotopic (exact) mass is 500 g/mol. The van der Waals surface area contributed by atoms with Gasteiger partial charge in [0.1, 0.15) is 11.3 Å². The molecule has 1 heterocycles. The maximum Gasteiger partial charge on any atom is 0.305 e. The van der Waals surface area contributed by atoms with E-state index in [2.05, 4.69) is 47.9 Å². The summed E-state index contributed by atoms with van der Waals surface area (Å²) in [7, 11) is 0. The van der Waals surface area contributed by atoms with E-state index in [9.17, 15) is 9.59 Å². The summed E-state index contributed by atoms with van der Waals surface area (Å²) in [5.74, 6) is -0.388. The Morgan fingerprint density at radius 3 is 2.46 bits per heavy atom. The SMILES string of the molecule is CCCOCC(Cc1ccc(-c2cc3ccccc3o2)cc1)Nc1ccc(C(=O)NCCC(=O)O)cc1. The van der Waals surface area contributed by atoms with Crippen LogP contribution in [0.1, 0.15) is 35.7 Å². The van der Waals surface area contributed by atoms with Crippen LogP contribution in [0.15, 0.2) is 83.3 Å². The van der Waals surface area contributed by atoms with Crippen LogP contribution in [0.2, 0.25) is 0 Å². The van der Waals surface area contributed by atoms with Crippen molar-refractivity contribution < 1.29 is 23.8 Å². The van der Waals surface area contributed by atoms with Crippen molar-refractivity contribution in [3.63, 3.8) is 0 Å². The Morgan fingerprint density at radius 2 is 1.76 bits per heavy atom. The first-order valence-electron chi connectivity index (χ1n) is 12.5. The van der Waals surface area contributed by atoms with E-state index < -0.39 is 5.97 Å². The second kappa shape index (κ2) is 12.7. The number of hydrogen-bond donors (Lipinski definition) is 3. The van der Waals surface area contributed by atoms with Gasteiger partial charge in [-0.1, -0.05) is 49.4 Å². The fourth-order valence-electron chi connectivity index (χ4n) is 4.07. The van der Waals surface area contributed by atoms with Gasteiger partial charge >= 0.3 is 5.97 Å². The highest BCUT2D eigenvalue weighted by Gasteiger charge is 2.13. The van der Waals surface area contributed by atoms with Crippen LogP contribution in [0.3, 0.4) is 0 Å². The molecule has 0 aliphatic rings. The first kappa shape index (κ1) is 26.0. The third kappa shape index (κ3) is 7.44. The van der Waals surface area contributed by atoms with Crippen LogP contribution < -0.4 is 10.6 Å². The molecule has 0 spiro atoms. The standard InChI is InChI=1S/C30H32N2O5/c1-2-17-36-20-26(32-25-13-11-23(12-14-25)30(35)31-16-15-29(33)34)18-21-7-9-22(10-8-21)28-19-24-5-3-4-6-27(24)37-28/h3-14,19,26,32H,2,15-18,20H2,1H3,(H,31,35)(H,33,34). The molecule has 1 aromatic heterocycles. The predicted octanol–water partition coefficient (Wildman–Crippen LogP) is 5.75. The summed E-state index contributed by atoms with van der Waals surface area (Å²) in [6, 6.07) is 25.6. The molecule has 37 heavy (non-hydrogen) atoms. The predicted molar refractivity (Wildman–Crippen MR) is 145 cm³/mol. The number of carboxylic acid groups (broad SMARTS) is 1. The van der Waals surface area contributed by atoms with Gasteiger partial charge in [0, 0.05) is 35.4 Å². The number of amides is 1. The lowest BCUT2D eigenvalue weighted by Gasteiger charge is -2.20. The molecule has 0 aliphatic carbocycles. The minimum Gasteiger partial charge on any atom is -0.481 e. The number of rotatable bonds is 13. The zero-order valence-electron chi connectivity index (χ0n) is 20.9. The third-order valence-corrected chi connectivity index (χ3v) is 5.96. The lowest BCUT2D eigenvalue weighted by Crippen LogP contribution is -2.28. The van der Waals surface area contributed by atoms with Gasteiger partial charge in [0.25, 0.3) is 5.91 Å². The number of carbonyl (C=O) groups excluding carboxylic acids is 1. The van der Waals surface area contributed by atoms with Gasteiger partial charge in [-0.15, -0.1) is 0 Å². The Kier molecular flexibility index (Phi) is 8.94. The molecule has 0 bridgehead atoms. The molecule has 1 amide bonds. The van der Waals surface area contributed by atoms with Crippen LogP contribution in [0.25, 0.3) is 22.3 Å². The van der Waals surface area contributed by atoms with E-state index in [1.54, 1.807) is 12.1 Å². The molecule has 3 N–H and O–H groups in total. The molecular weight excluding hydrogens is 468 g/mol. The van der Waals surface area contributed by atoms with Gasteiger partial charge in [0.15, 0.2) is 0 Å². The molecule has 7 nitrogen and oxygen atoms in total. The number of aliphatic carboxylic acids is 1. The van der Waals surface area contributed by atoms with Gasteiger partial charge in [-0.2, -0.15) is 0 Å². The Labute approximate surface area is 216 Å². The number of nitrogens with one attached hydrogen (secondary N) is 2. The van der Waals surface area contributed by atoms with Crippen molar-refractivity contribution in [2.45, 2.75) is 32.2 Å². The van der Waals surface area contributed by atoms with Gasteiger partial charge in [-0.3, -0.25) is 9.59 Å². The third-order valence-electron chi connectivity index (χ3n) is 5.96. The lowest BCUT2D eigenvalue weighted by molar-refractivity contribution is -0.136. The first-order chi connectivity index (χ1) is 18.0. The average molecular weight is 501 g/mol. The summed E-state index contributed by atoms with van der Waals surface area (Å²) in [6.45, 7) is 3.43. The molecule has 0 saturated carbocycles. The average Bonchev–Trinajstić information content (AvgIpc) is 3.34. The van der Waals surface area contributed by atoms with Gasteiger partial charge in [0.2, 0.25) is 0 Å². The molecule has 1 atom stereocenters. The Balaban J connectivity index is 1.39.